The van der Waals surface area contributed by atoms with Gasteiger partial charge in [-0.05, 0) is 31.1 Å². The van der Waals surface area contributed by atoms with E-state index in [1.54, 1.807) is 6.26 Å². The van der Waals surface area contributed by atoms with Crippen LogP contribution in [0.4, 0.5) is 10.5 Å². The van der Waals surface area contributed by atoms with Crippen molar-refractivity contribution in [2.24, 2.45) is 0 Å². The molecule has 1 aliphatic rings. The molecule has 1 atom stereocenters. The molecule has 0 bridgehead atoms. The van der Waals surface area contributed by atoms with Crippen LogP contribution in [0.15, 0.2) is 30.5 Å². The minimum Gasteiger partial charge on any atom is -0.497 e. The fourth-order valence-corrected chi connectivity index (χ4v) is 2.56. The number of ether oxygens (including phenoxy) is 1. The Labute approximate surface area is 120 Å². The van der Waals surface area contributed by atoms with Crippen molar-refractivity contribution in [2.75, 3.05) is 11.9 Å². The first-order chi connectivity index (χ1) is 9.83. The van der Waals surface area contributed by atoms with Crippen molar-refractivity contribution in [1.82, 2.24) is 14.1 Å². The second kappa shape index (κ2) is 5.87. The molecule has 3 rings (SSSR count). The Bertz CT molecular complexity index is 640. The highest BCUT2D eigenvalue weighted by Gasteiger charge is 2.13. The average molecular weight is 290 g/mol. The molecule has 0 spiro atoms. The van der Waals surface area contributed by atoms with Gasteiger partial charge in [0.25, 0.3) is 0 Å². The number of anilines is 1. The second-order valence-corrected chi connectivity index (χ2v) is 5.01. The summed E-state index contributed by atoms with van der Waals surface area (Å²) in [5, 5.41) is 5.60. The molecule has 0 saturated heterocycles. The van der Waals surface area contributed by atoms with E-state index in [1.165, 1.54) is 0 Å². The molecule has 2 aromatic rings. The molecular formula is C13H14N4O2S. The van der Waals surface area contributed by atoms with Crippen molar-refractivity contribution in [1.29, 1.82) is 0 Å². The van der Waals surface area contributed by atoms with Gasteiger partial charge >= 0.3 is 6.03 Å². The maximum Gasteiger partial charge on any atom is 0.319 e. The lowest BCUT2D eigenvalue weighted by molar-refractivity contribution is 0.124. The lowest BCUT2D eigenvalue weighted by atomic mass is 10.1. The molecule has 1 unspecified atom stereocenters. The van der Waals surface area contributed by atoms with Gasteiger partial charge in [-0.15, -0.1) is 0 Å². The predicted molar refractivity (Wildman–Crippen MR) is 77.7 cm³/mol. The summed E-state index contributed by atoms with van der Waals surface area (Å²) < 4.78 is 13.7. The van der Waals surface area contributed by atoms with Crippen molar-refractivity contribution in [3.63, 3.8) is 0 Å². The number of nitrogens with one attached hydrogen (secondary N) is 2. The summed E-state index contributed by atoms with van der Waals surface area (Å²) in [6.45, 7) is 0.488. The third-order valence-corrected chi connectivity index (χ3v) is 3.59. The van der Waals surface area contributed by atoms with Crippen LogP contribution >= 0.6 is 11.7 Å². The van der Waals surface area contributed by atoms with Crippen LogP contribution in [-0.4, -0.2) is 27.4 Å². The zero-order valence-electron chi connectivity index (χ0n) is 10.7. The summed E-state index contributed by atoms with van der Waals surface area (Å²) in [6.07, 6.45) is 5.62. The first-order valence-corrected chi connectivity index (χ1v) is 7.12. The fourth-order valence-electron chi connectivity index (χ4n) is 2.02. The molecule has 6 nitrogen and oxygen atoms in total. The SMILES string of the molecule is O=C(NCC1CCC=CO1)Nc1cccc2nsnc12. The number of urea groups is 1. The largest absolute Gasteiger partial charge is 0.497 e. The van der Waals surface area contributed by atoms with E-state index < -0.39 is 0 Å². The van der Waals surface area contributed by atoms with Crippen LogP contribution in [0.3, 0.4) is 0 Å². The molecule has 20 heavy (non-hydrogen) atoms. The number of fused-ring (bicyclic) bond motifs is 1. The van der Waals surface area contributed by atoms with Gasteiger partial charge in [0.1, 0.15) is 17.1 Å². The van der Waals surface area contributed by atoms with E-state index in [1.807, 2.05) is 24.3 Å². The summed E-state index contributed by atoms with van der Waals surface area (Å²) in [7, 11) is 0. The number of aromatic nitrogens is 2. The predicted octanol–water partition coefficient (Wildman–Crippen LogP) is 2.51. The first kappa shape index (κ1) is 12.9. The lowest BCUT2D eigenvalue weighted by Crippen LogP contribution is -2.36. The zero-order valence-corrected chi connectivity index (χ0v) is 11.5. The van der Waals surface area contributed by atoms with Crippen LogP contribution in [-0.2, 0) is 4.74 Å². The Morgan fingerprint density at radius 1 is 1.45 bits per heavy atom. The van der Waals surface area contributed by atoms with E-state index in [-0.39, 0.29) is 12.1 Å². The molecule has 0 fully saturated rings. The number of rotatable bonds is 3. The number of nitrogens with zero attached hydrogens (tertiary/aromatic N) is 2. The van der Waals surface area contributed by atoms with Gasteiger partial charge < -0.3 is 15.4 Å². The maximum absolute atomic E-state index is 11.9. The van der Waals surface area contributed by atoms with E-state index in [9.17, 15) is 4.79 Å². The van der Waals surface area contributed by atoms with E-state index in [4.69, 9.17) is 4.74 Å². The molecule has 0 saturated carbocycles. The second-order valence-electron chi connectivity index (χ2n) is 4.48. The lowest BCUT2D eigenvalue weighted by Gasteiger charge is -2.19. The van der Waals surface area contributed by atoms with Crippen molar-refractivity contribution >= 4 is 34.5 Å². The third-order valence-electron chi connectivity index (χ3n) is 3.05. The Morgan fingerprint density at radius 3 is 3.25 bits per heavy atom. The quantitative estimate of drug-likeness (QED) is 0.910. The van der Waals surface area contributed by atoms with Gasteiger partial charge in [-0.3, -0.25) is 0 Å². The van der Waals surface area contributed by atoms with Crippen molar-refractivity contribution in [3.05, 3.63) is 30.5 Å². The summed E-state index contributed by atoms with van der Waals surface area (Å²) in [4.78, 5) is 11.9. The number of amides is 2. The summed E-state index contributed by atoms with van der Waals surface area (Å²) in [5.74, 6) is 0. The molecule has 1 aliphatic heterocycles. The van der Waals surface area contributed by atoms with Crippen molar-refractivity contribution < 1.29 is 9.53 Å². The van der Waals surface area contributed by atoms with Gasteiger partial charge in [-0.2, -0.15) is 8.75 Å². The highest BCUT2D eigenvalue weighted by Crippen LogP contribution is 2.20. The van der Waals surface area contributed by atoms with Crippen molar-refractivity contribution in [2.45, 2.75) is 18.9 Å². The highest BCUT2D eigenvalue weighted by atomic mass is 32.1. The fraction of sp³-hybridized carbons (Fsp3) is 0.308. The van der Waals surface area contributed by atoms with E-state index in [0.717, 1.165) is 30.1 Å². The van der Waals surface area contributed by atoms with E-state index >= 15 is 0 Å². The number of hydrogen-bond acceptors (Lipinski definition) is 5. The summed E-state index contributed by atoms with van der Waals surface area (Å²) in [6, 6.07) is 5.26. The average Bonchev–Trinajstić information content (AvgIpc) is 2.96. The van der Waals surface area contributed by atoms with Gasteiger partial charge in [-0.1, -0.05) is 6.07 Å². The molecule has 1 aromatic heterocycles. The van der Waals surface area contributed by atoms with Crippen LogP contribution < -0.4 is 10.6 Å². The molecule has 2 N–H and O–H groups in total. The van der Waals surface area contributed by atoms with Gasteiger partial charge in [0, 0.05) is 0 Å². The summed E-state index contributed by atoms with van der Waals surface area (Å²) >= 11 is 1.13. The smallest absolute Gasteiger partial charge is 0.319 e. The molecule has 0 radical (unpaired) electrons. The molecule has 2 amide bonds. The van der Waals surface area contributed by atoms with E-state index in [0.29, 0.717) is 17.7 Å². The summed E-state index contributed by atoms with van der Waals surface area (Å²) in [5.41, 5.74) is 2.16. The molecule has 104 valence electrons. The van der Waals surface area contributed by atoms with E-state index in [2.05, 4.69) is 19.4 Å². The Balaban J connectivity index is 1.58. The zero-order chi connectivity index (χ0) is 13.8. The van der Waals surface area contributed by atoms with Gasteiger partial charge in [0.05, 0.1) is 30.2 Å². The number of benzene rings is 1. The first-order valence-electron chi connectivity index (χ1n) is 6.39. The number of carbonyl (C=O) groups excluding carboxylic acids is 1. The normalized spacial score (nSPS) is 17.7. The van der Waals surface area contributed by atoms with Crippen molar-refractivity contribution in [3.8, 4) is 0 Å². The topological polar surface area (TPSA) is 76.1 Å². The number of allylic oxidation sites excluding steroid dienone is 1. The highest BCUT2D eigenvalue weighted by molar-refractivity contribution is 7.00. The van der Waals surface area contributed by atoms with Crippen LogP contribution in [0.2, 0.25) is 0 Å². The Kier molecular flexibility index (Phi) is 3.78. The molecule has 2 heterocycles. The monoisotopic (exact) mass is 290 g/mol. The minimum atomic E-state index is -0.261. The standard InChI is InChI=1S/C13H14N4O2S/c18-13(14-8-9-4-1-2-7-19-9)15-10-5-3-6-11-12(10)17-20-16-11/h2-3,5-7,9H,1,4,8H2,(H2,14,15,18). The minimum absolute atomic E-state index is 0.0440. The van der Waals surface area contributed by atoms with Crippen LogP contribution in [0.1, 0.15) is 12.8 Å². The Morgan fingerprint density at radius 2 is 2.40 bits per heavy atom. The molecule has 0 aliphatic carbocycles. The molecule has 1 aromatic carbocycles. The van der Waals surface area contributed by atoms with Crippen LogP contribution in [0, 0.1) is 0 Å². The maximum atomic E-state index is 11.9. The number of hydrogen-bond donors (Lipinski definition) is 2. The molecular weight excluding hydrogens is 276 g/mol. The number of carbonyl (C=O) groups is 1. The van der Waals surface area contributed by atoms with Gasteiger partial charge in [0.15, 0.2) is 0 Å². The van der Waals surface area contributed by atoms with Crippen LogP contribution in [0.5, 0.6) is 0 Å². The Hall–Kier alpha value is -2.15. The van der Waals surface area contributed by atoms with Gasteiger partial charge in [0.2, 0.25) is 0 Å². The van der Waals surface area contributed by atoms with Gasteiger partial charge in [-0.25, -0.2) is 4.79 Å². The third kappa shape index (κ3) is 2.88. The van der Waals surface area contributed by atoms with Crippen LogP contribution in [0.25, 0.3) is 11.0 Å². The molecule has 7 heteroatoms.